The maximum absolute atomic E-state index is 11.3. The molecule has 0 rings (SSSR count). The predicted octanol–water partition coefficient (Wildman–Crippen LogP) is 2.35. The molecule has 0 aromatic carbocycles. The minimum atomic E-state index is -1.93. The molecule has 0 aromatic heterocycles. The fourth-order valence-electron chi connectivity index (χ4n) is 0.621. The van der Waals surface area contributed by atoms with Crippen LogP contribution in [-0.2, 0) is 4.57 Å². The van der Waals surface area contributed by atoms with E-state index in [0.29, 0.717) is 12.3 Å². The lowest BCUT2D eigenvalue weighted by atomic mass is 10.8. The Morgan fingerprint density at radius 1 is 1.33 bits per heavy atom. The number of rotatable bonds is 4. The molecule has 0 spiro atoms. The Hall–Kier alpha value is -0.290. The van der Waals surface area contributed by atoms with E-state index in [1.807, 2.05) is 0 Å². The van der Waals surface area contributed by atoms with E-state index in [0.717, 1.165) is 0 Å². The highest BCUT2D eigenvalue weighted by atomic mass is 31.2. The van der Waals surface area contributed by atoms with Gasteiger partial charge in [0.25, 0.3) is 0 Å². The van der Waals surface area contributed by atoms with Gasteiger partial charge in [-0.05, 0) is 6.66 Å². The van der Waals surface area contributed by atoms with Gasteiger partial charge in [-0.2, -0.15) is 0 Å². The first-order chi connectivity index (χ1) is 4.12. The molecule has 0 bridgehead atoms. The van der Waals surface area contributed by atoms with Gasteiger partial charge < -0.3 is 4.57 Å². The highest BCUT2D eigenvalue weighted by Crippen LogP contribution is 2.40. The third-order valence-corrected chi connectivity index (χ3v) is 3.09. The van der Waals surface area contributed by atoms with Crippen molar-refractivity contribution >= 4 is 7.14 Å². The zero-order valence-corrected chi connectivity index (χ0v) is 6.73. The molecule has 0 atom stereocenters. The Balaban J connectivity index is 3.85. The molecule has 52 valence electrons. The maximum atomic E-state index is 11.3. The molecule has 0 aliphatic rings. The summed E-state index contributed by atoms with van der Waals surface area (Å²) in [6, 6.07) is 0. The van der Waals surface area contributed by atoms with Crippen LogP contribution in [0.15, 0.2) is 25.3 Å². The zero-order chi connectivity index (χ0) is 7.33. The van der Waals surface area contributed by atoms with Crippen molar-refractivity contribution in [2.24, 2.45) is 0 Å². The van der Waals surface area contributed by atoms with Crippen molar-refractivity contribution in [3.63, 3.8) is 0 Å². The van der Waals surface area contributed by atoms with Crippen LogP contribution in [0, 0.1) is 0 Å². The summed E-state index contributed by atoms with van der Waals surface area (Å²) < 4.78 is 11.3. The van der Waals surface area contributed by atoms with E-state index in [-0.39, 0.29) is 0 Å². The number of hydrogen-bond acceptors (Lipinski definition) is 1. The molecule has 0 aliphatic heterocycles. The van der Waals surface area contributed by atoms with Crippen LogP contribution in [0.25, 0.3) is 0 Å². The van der Waals surface area contributed by atoms with Crippen LogP contribution in [0.2, 0.25) is 0 Å². The van der Waals surface area contributed by atoms with Crippen LogP contribution in [0.3, 0.4) is 0 Å². The molecule has 0 saturated heterocycles. The summed E-state index contributed by atoms with van der Waals surface area (Å²) in [6.45, 7) is 8.82. The van der Waals surface area contributed by atoms with Gasteiger partial charge in [0, 0.05) is 12.3 Å². The molecule has 9 heavy (non-hydrogen) atoms. The van der Waals surface area contributed by atoms with E-state index in [1.54, 1.807) is 18.8 Å². The summed E-state index contributed by atoms with van der Waals surface area (Å²) in [5.74, 6) is 0. The lowest BCUT2D eigenvalue weighted by molar-refractivity contribution is 0.582. The topological polar surface area (TPSA) is 17.1 Å². The fourth-order valence-corrected chi connectivity index (χ4v) is 1.86. The van der Waals surface area contributed by atoms with Gasteiger partial charge in [-0.25, -0.2) is 0 Å². The Morgan fingerprint density at radius 3 is 1.89 bits per heavy atom. The molecule has 0 heterocycles. The molecule has 0 amide bonds. The Labute approximate surface area is 56.8 Å². The summed E-state index contributed by atoms with van der Waals surface area (Å²) in [7, 11) is -1.93. The highest BCUT2D eigenvalue weighted by Gasteiger charge is 2.08. The summed E-state index contributed by atoms with van der Waals surface area (Å²) in [4.78, 5) is 0. The van der Waals surface area contributed by atoms with Gasteiger partial charge in [0.05, 0.1) is 7.14 Å². The van der Waals surface area contributed by atoms with E-state index in [1.165, 1.54) is 0 Å². The molecular formula is C7H13OP. The first-order valence-electron chi connectivity index (χ1n) is 2.90. The van der Waals surface area contributed by atoms with Crippen LogP contribution in [0.1, 0.15) is 0 Å². The number of hydrogen-bond donors (Lipinski definition) is 0. The van der Waals surface area contributed by atoms with E-state index in [4.69, 9.17) is 0 Å². The average molecular weight is 144 g/mol. The standard InChI is InChI=1S/C7H13OP/c1-4-6-9(3,8)7-5-2/h4-5H,1-2,6-7H2,3H3. The normalized spacial score (nSPS) is 10.8. The summed E-state index contributed by atoms with van der Waals surface area (Å²) in [5.41, 5.74) is 0. The number of allylic oxidation sites excluding steroid dienone is 2. The van der Waals surface area contributed by atoms with Crippen LogP contribution in [0.4, 0.5) is 0 Å². The average Bonchev–Trinajstić information content (AvgIpc) is 1.64. The second-order valence-electron chi connectivity index (χ2n) is 2.24. The van der Waals surface area contributed by atoms with E-state index in [2.05, 4.69) is 13.2 Å². The first kappa shape index (κ1) is 8.71. The van der Waals surface area contributed by atoms with E-state index >= 15 is 0 Å². The quantitative estimate of drug-likeness (QED) is 0.437. The van der Waals surface area contributed by atoms with Crippen molar-refractivity contribution in [2.75, 3.05) is 19.0 Å². The molecule has 2 heteroatoms. The highest BCUT2D eigenvalue weighted by molar-refractivity contribution is 7.63. The van der Waals surface area contributed by atoms with Crippen molar-refractivity contribution in [1.29, 1.82) is 0 Å². The van der Waals surface area contributed by atoms with Crippen LogP contribution >= 0.6 is 7.14 Å². The van der Waals surface area contributed by atoms with Crippen LogP contribution < -0.4 is 0 Å². The molecule has 0 aromatic rings. The molecule has 0 unspecified atom stereocenters. The summed E-state index contributed by atoms with van der Waals surface area (Å²) >= 11 is 0. The fraction of sp³-hybridized carbons (Fsp3) is 0.429. The van der Waals surface area contributed by atoms with Gasteiger partial charge in [0.15, 0.2) is 0 Å². The van der Waals surface area contributed by atoms with Gasteiger partial charge in [-0.1, -0.05) is 12.2 Å². The van der Waals surface area contributed by atoms with Gasteiger partial charge in [-0.3, -0.25) is 0 Å². The first-order valence-corrected chi connectivity index (χ1v) is 5.42. The minimum Gasteiger partial charge on any atom is -0.323 e. The Bertz CT molecular complexity index is 135. The lowest BCUT2D eigenvalue weighted by Crippen LogP contribution is -1.86. The van der Waals surface area contributed by atoms with Crippen molar-refractivity contribution in [2.45, 2.75) is 0 Å². The summed E-state index contributed by atoms with van der Waals surface area (Å²) in [5, 5.41) is 0. The van der Waals surface area contributed by atoms with Crippen molar-refractivity contribution in [3.05, 3.63) is 25.3 Å². The Morgan fingerprint density at radius 2 is 1.67 bits per heavy atom. The van der Waals surface area contributed by atoms with Crippen LogP contribution in [0.5, 0.6) is 0 Å². The van der Waals surface area contributed by atoms with Gasteiger partial charge in [0.2, 0.25) is 0 Å². The monoisotopic (exact) mass is 144 g/mol. The lowest BCUT2D eigenvalue weighted by Gasteiger charge is -2.04. The maximum Gasteiger partial charge on any atom is 0.0919 e. The van der Waals surface area contributed by atoms with E-state index < -0.39 is 7.14 Å². The second-order valence-corrected chi connectivity index (χ2v) is 5.56. The smallest absolute Gasteiger partial charge is 0.0919 e. The minimum absolute atomic E-state index is 0.624. The molecule has 0 aliphatic carbocycles. The molecule has 0 fully saturated rings. The molecular weight excluding hydrogens is 131 g/mol. The van der Waals surface area contributed by atoms with Crippen LogP contribution in [-0.4, -0.2) is 19.0 Å². The van der Waals surface area contributed by atoms with Gasteiger partial charge in [0.1, 0.15) is 0 Å². The van der Waals surface area contributed by atoms with Crippen molar-refractivity contribution in [3.8, 4) is 0 Å². The summed E-state index contributed by atoms with van der Waals surface area (Å²) in [6.07, 6.45) is 4.65. The SMILES string of the molecule is C=CCP(C)(=O)CC=C. The van der Waals surface area contributed by atoms with Gasteiger partial charge in [-0.15, -0.1) is 13.2 Å². The second kappa shape index (κ2) is 3.68. The zero-order valence-electron chi connectivity index (χ0n) is 5.84. The van der Waals surface area contributed by atoms with E-state index in [9.17, 15) is 4.57 Å². The third kappa shape index (κ3) is 4.23. The molecule has 1 nitrogen and oxygen atoms in total. The van der Waals surface area contributed by atoms with Gasteiger partial charge >= 0.3 is 0 Å². The molecule has 0 radical (unpaired) electrons. The van der Waals surface area contributed by atoms with Crippen molar-refractivity contribution in [1.82, 2.24) is 0 Å². The molecule has 0 saturated carbocycles. The predicted molar refractivity (Wildman–Crippen MR) is 43.7 cm³/mol. The molecule has 0 N–H and O–H groups in total. The third-order valence-electron chi connectivity index (χ3n) is 1.03. The van der Waals surface area contributed by atoms with Crippen molar-refractivity contribution < 1.29 is 4.57 Å². The largest absolute Gasteiger partial charge is 0.323 e. The Kier molecular flexibility index (Phi) is 3.56.